The number of furan rings is 1. The van der Waals surface area contributed by atoms with Crippen molar-refractivity contribution in [2.24, 2.45) is 0 Å². The molecule has 7 nitrogen and oxygen atoms in total. The maximum atomic E-state index is 13.0. The van der Waals surface area contributed by atoms with E-state index in [1.165, 1.54) is 17.4 Å². The largest absolute Gasteiger partial charge is 0.472 e. The van der Waals surface area contributed by atoms with Crippen LogP contribution in [0.4, 0.5) is 0 Å². The van der Waals surface area contributed by atoms with Crippen LogP contribution in [-0.4, -0.2) is 47.3 Å². The Morgan fingerprint density at radius 1 is 1.19 bits per heavy atom. The van der Waals surface area contributed by atoms with E-state index in [9.17, 15) is 9.59 Å². The SMILES string of the molecule is CC1(C)O[C@H]2[C@H](CN(C(=O)c3ccoc3)[C@@H]2C(=O)NCc2ccccc2)O1. The summed E-state index contributed by atoms with van der Waals surface area (Å²) in [6, 6.07) is 10.4. The van der Waals surface area contributed by atoms with Crippen LogP contribution in [0.25, 0.3) is 0 Å². The molecule has 2 saturated heterocycles. The fourth-order valence-electron chi connectivity index (χ4n) is 3.70. The standard InChI is InChI=1S/C20H22N2O5/c1-20(2)26-15-11-22(19(24)14-8-9-25-12-14)16(17(15)27-20)18(23)21-10-13-6-4-3-5-7-13/h3-9,12,15-17H,10-11H2,1-2H3,(H,21,23)/t15-,16-,17-/m0/s1. The lowest BCUT2D eigenvalue weighted by Crippen LogP contribution is -2.51. The van der Waals surface area contributed by atoms with E-state index in [4.69, 9.17) is 13.9 Å². The Balaban J connectivity index is 1.54. The molecular weight excluding hydrogens is 348 g/mol. The van der Waals surface area contributed by atoms with Crippen LogP contribution in [0, 0.1) is 0 Å². The Morgan fingerprint density at radius 2 is 1.96 bits per heavy atom. The first kappa shape index (κ1) is 17.8. The van der Waals surface area contributed by atoms with Gasteiger partial charge in [-0.3, -0.25) is 9.59 Å². The van der Waals surface area contributed by atoms with E-state index in [-0.39, 0.29) is 17.9 Å². The van der Waals surface area contributed by atoms with E-state index in [2.05, 4.69) is 5.32 Å². The van der Waals surface area contributed by atoms with Gasteiger partial charge in [0.05, 0.1) is 18.4 Å². The summed E-state index contributed by atoms with van der Waals surface area (Å²) >= 11 is 0. The van der Waals surface area contributed by atoms with Crippen LogP contribution in [0.15, 0.2) is 53.3 Å². The highest BCUT2D eigenvalue weighted by molar-refractivity contribution is 5.98. The zero-order chi connectivity index (χ0) is 19.0. The van der Waals surface area contributed by atoms with Gasteiger partial charge in [0.15, 0.2) is 5.79 Å². The number of benzene rings is 1. The van der Waals surface area contributed by atoms with Crippen LogP contribution in [-0.2, 0) is 20.8 Å². The lowest BCUT2D eigenvalue weighted by atomic mass is 10.1. The van der Waals surface area contributed by atoms with Crippen LogP contribution in [0.3, 0.4) is 0 Å². The summed E-state index contributed by atoms with van der Waals surface area (Å²) < 4.78 is 16.9. The summed E-state index contributed by atoms with van der Waals surface area (Å²) in [7, 11) is 0. The fraction of sp³-hybridized carbons (Fsp3) is 0.400. The van der Waals surface area contributed by atoms with E-state index in [1.807, 2.05) is 44.2 Å². The van der Waals surface area contributed by atoms with Crippen molar-refractivity contribution in [1.82, 2.24) is 10.2 Å². The molecule has 1 aromatic heterocycles. The Labute approximate surface area is 157 Å². The number of hydrogen-bond donors (Lipinski definition) is 1. The minimum Gasteiger partial charge on any atom is -0.472 e. The number of amides is 2. The van der Waals surface area contributed by atoms with Crippen LogP contribution < -0.4 is 5.32 Å². The lowest BCUT2D eigenvalue weighted by molar-refractivity contribution is -0.162. The average Bonchev–Trinajstić information content (AvgIpc) is 3.34. The number of rotatable bonds is 4. The molecule has 2 amide bonds. The first-order chi connectivity index (χ1) is 12.9. The third kappa shape index (κ3) is 3.48. The number of carbonyl (C=O) groups excluding carboxylic acids is 2. The molecule has 2 fully saturated rings. The minimum absolute atomic E-state index is 0.260. The molecule has 1 N–H and O–H groups in total. The summed E-state index contributed by atoms with van der Waals surface area (Å²) in [6.45, 7) is 4.30. The summed E-state index contributed by atoms with van der Waals surface area (Å²) in [5.41, 5.74) is 1.38. The van der Waals surface area contributed by atoms with Crippen molar-refractivity contribution in [3.05, 3.63) is 60.1 Å². The van der Waals surface area contributed by atoms with Gasteiger partial charge in [-0.05, 0) is 25.5 Å². The van der Waals surface area contributed by atoms with Crippen molar-refractivity contribution in [2.45, 2.75) is 44.4 Å². The molecule has 3 atom stereocenters. The molecule has 3 heterocycles. The number of carbonyl (C=O) groups is 2. The first-order valence-corrected chi connectivity index (χ1v) is 8.95. The summed E-state index contributed by atoms with van der Waals surface area (Å²) in [5, 5.41) is 2.92. The molecule has 27 heavy (non-hydrogen) atoms. The second-order valence-corrected chi connectivity index (χ2v) is 7.26. The fourth-order valence-corrected chi connectivity index (χ4v) is 3.70. The monoisotopic (exact) mass is 370 g/mol. The Hall–Kier alpha value is -2.64. The Kier molecular flexibility index (Phi) is 4.49. The second kappa shape index (κ2) is 6.83. The van der Waals surface area contributed by atoms with Crippen LogP contribution >= 0.6 is 0 Å². The summed E-state index contributed by atoms with van der Waals surface area (Å²) in [6.07, 6.45) is 1.96. The van der Waals surface area contributed by atoms with Crippen molar-refractivity contribution in [3.63, 3.8) is 0 Å². The maximum absolute atomic E-state index is 13.0. The number of likely N-dealkylation sites (tertiary alicyclic amines) is 1. The van der Waals surface area contributed by atoms with Gasteiger partial charge in [0, 0.05) is 6.54 Å². The van der Waals surface area contributed by atoms with Gasteiger partial charge >= 0.3 is 0 Å². The molecule has 2 aromatic rings. The summed E-state index contributed by atoms with van der Waals surface area (Å²) in [4.78, 5) is 27.4. The van der Waals surface area contributed by atoms with Gasteiger partial charge in [-0.15, -0.1) is 0 Å². The van der Waals surface area contributed by atoms with Gasteiger partial charge in [0.1, 0.15) is 24.5 Å². The van der Waals surface area contributed by atoms with E-state index in [1.54, 1.807) is 6.07 Å². The number of ether oxygens (including phenoxy) is 2. The van der Waals surface area contributed by atoms with Crippen molar-refractivity contribution in [1.29, 1.82) is 0 Å². The first-order valence-electron chi connectivity index (χ1n) is 8.95. The highest BCUT2D eigenvalue weighted by Gasteiger charge is 2.56. The third-order valence-corrected chi connectivity index (χ3v) is 4.85. The number of nitrogens with one attached hydrogen (secondary N) is 1. The summed E-state index contributed by atoms with van der Waals surface area (Å²) in [5.74, 6) is -1.31. The Morgan fingerprint density at radius 3 is 2.67 bits per heavy atom. The normalized spacial score (nSPS) is 26.0. The van der Waals surface area contributed by atoms with Crippen LogP contribution in [0.2, 0.25) is 0 Å². The Bertz CT molecular complexity index is 818. The number of fused-ring (bicyclic) bond motifs is 1. The van der Waals surface area contributed by atoms with E-state index in [0.717, 1.165) is 5.56 Å². The molecule has 2 aliphatic rings. The molecule has 0 saturated carbocycles. The lowest BCUT2D eigenvalue weighted by Gasteiger charge is -2.28. The average molecular weight is 370 g/mol. The van der Waals surface area contributed by atoms with E-state index < -0.39 is 17.9 Å². The van der Waals surface area contributed by atoms with Crippen molar-refractivity contribution in [2.75, 3.05) is 6.54 Å². The van der Waals surface area contributed by atoms with Crippen LogP contribution in [0.5, 0.6) is 0 Å². The van der Waals surface area contributed by atoms with Gasteiger partial charge in [0.2, 0.25) is 5.91 Å². The quantitative estimate of drug-likeness (QED) is 0.890. The predicted molar refractivity (Wildman–Crippen MR) is 95.6 cm³/mol. The van der Waals surface area contributed by atoms with Gasteiger partial charge in [-0.25, -0.2) is 0 Å². The van der Waals surface area contributed by atoms with Gasteiger partial charge in [-0.1, -0.05) is 30.3 Å². The zero-order valence-corrected chi connectivity index (χ0v) is 15.3. The number of hydrogen-bond acceptors (Lipinski definition) is 5. The molecule has 0 unspecified atom stereocenters. The number of nitrogens with zero attached hydrogens (tertiary/aromatic N) is 1. The molecule has 1 aromatic carbocycles. The minimum atomic E-state index is -0.780. The van der Waals surface area contributed by atoms with Crippen molar-refractivity contribution < 1.29 is 23.5 Å². The highest BCUT2D eigenvalue weighted by atomic mass is 16.8. The maximum Gasteiger partial charge on any atom is 0.257 e. The van der Waals surface area contributed by atoms with Gasteiger partial charge < -0.3 is 24.1 Å². The molecule has 2 aliphatic heterocycles. The molecular formula is C20H22N2O5. The van der Waals surface area contributed by atoms with Gasteiger partial charge in [-0.2, -0.15) is 0 Å². The molecule has 4 rings (SSSR count). The van der Waals surface area contributed by atoms with Gasteiger partial charge in [0.25, 0.3) is 5.91 Å². The molecule has 0 radical (unpaired) electrons. The van der Waals surface area contributed by atoms with E-state index >= 15 is 0 Å². The molecule has 142 valence electrons. The topological polar surface area (TPSA) is 81.0 Å². The second-order valence-electron chi connectivity index (χ2n) is 7.26. The molecule has 0 aliphatic carbocycles. The molecule has 7 heteroatoms. The molecule has 0 spiro atoms. The van der Waals surface area contributed by atoms with Crippen LogP contribution in [0.1, 0.15) is 29.8 Å². The molecule has 0 bridgehead atoms. The predicted octanol–water partition coefficient (Wildman–Crippen LogP) is 1.94. The zero-order valence-electron chi connectivity index (χ0n) is 15.3. The smallest absolute Gasteiger partial charge is 0.257 e. The third-order valence-electron chi connectivity index (χ3n) is 4.85. The van der Waals surface area contributed by atoms with E-state index in [0.29, 0.717) is 18.7 Å². The van der Waals surface area contributed by atoms with Crippen molar-refractivity contribution >= 4 is 11.8 Å². The highest BCUT2D eigenvalue weighted by Crippen LogP contribution is 2.37. The van der Waals surface area contributed by atoms with Crippen molar-refractivity contribution in [3.8, 4) is 0 Å².